The summed E-state index contributed by atoms with van der Waals surface area (Å²) in [5.74, 6) is 0.328. The van der Waals surface area contributed by atoms with Crippen molar-refractivity contribution in [3.05, 3.63) is 29.8 Å². The normalized spacial score (nSPS) is 11.2. The van der Waals surface area contributed by atoms with E-state index < -0.39 is 10.1 Å². The molecular weight excluding hydrogens is 176 g/mol. The third kappa shape index (κ3) is 2.92. The molecule has 0 atom stereocenters. The van der Waals surface area contributed by atoms with Crippen LogP contribution in [0, 0.1) is 13.0 Å². The van der Waals surface area contributed by atoms with Crippen molar-refractivity contribution in [3.63, 3.8) is 0 Å². The molecule has 0 unspecified atom stereocenters. The summed E-state index contributed by atoms with van der Waals surface area (Å²) in [5, 5.41) is 0. The Kier molecular flexibility index (Phi) is 2.38. The Morgan fingerprint density at radius 1 is 1.50 bits per heavy atom. The fourth-order valence-corrected chi connectivity index (χ4v) is 1.24. The van der Waals surface area contributed by atoms with Gasteiger partial charge in [0.05, 0.1) is 6.26 Å². The van der Waals surface area contributed by atoms with Gasteiger partial charge in [0.15, 0.2) is 0 Å². The number of aryl methyl sites for hydroxylation is 1. The fraction of sp³-hybridized carbons (Fsp3) is 0.250. The molecule has 0 bridgehead atoms. The highest BCUT2D eigenvalue weighted by Crippen LogP contribution is 2.13. The zero-order chi connectivity index (χ0) is 9.19. The summed E-state index contributed by atoms with van der Waals surface area (Å²) in [5.41, 5.74) is 0.844. The molecule has 0 aliphatic carbocycles. The largest absolute Gasteiger partial charge is 0.383 e. The molecule has 0 aliphatic rings. The minimum Gasteiger partial charge on any atom is -0.383 e. The Morgan fingerprint density at radius 3 is 2.67 bits per heavy atom. The van der Waals surface area contributed by atoms with Crippen LogP contribution in [0.4, 0.5) is 0 Å². The number of hydrogen-bond acceptors (Lipinski definition) is 3. The highest BCUT2D eigenvalue weighted by Gasteiger charge is 2.02. The van der Waals surface area contributed by atoms with E-state index >= 15 is 0 Å². The first-order valence-corrected chi connectivity index (χ1v) is 5.17. The van der Waals surface area contributed by atoms with Gasteiger partial charge in [-0.2, -0.15) is 8.42 Å². The van der Waals surface area contributed by atoms with E-state index in [9.17, 15) is 8.42 Å². The Bertz CT molecular complexity index is 368. The van der Waals surface area contributed by atoms with Crippen molar-refractivity contribution in [1.82, 2.24) is 0 Å². The lowest BCUT2D eigenvalue weighted by Gasteiger charge is -2.01. The molecule has 0 saturated carbocycles. The maximum atomic E-state index is 10.7. The van der Waals surface area contributed by atoms with Gasteiger partial charge in [-0.3, -0.25) is 0 Å². The second-order valence-electron chi connectivity index (χ2n) is 2.49. The molecule has 0 aromatic heterocycles. The van der Waals surface area contributed by atoms with Crippen LogP contribution in [0.25, 0.3) is 0 Å². The molecule has 1 rings (SSSR count). The molecule has 65 valence electrons. The summed E-state index contributed by atoms with van der Waals surface area (Å²) in [6.07, 6.45) is 1.01. The minimum absolute atomic E-state index is 0.328. The van der Waals surface area contributed by atoms with Crippen molar-refractivity contribution in [1.29, 1.82) is 0 Å². The molecule has 0 heterocycles. The predicted octanol–water partition coefficient (Wildman–Crippen LogP) is 1.13. The van der Waals surface area contributed by atoms with Crippen molar-refractivity contribution < 1.29 is 12.6 Å². The van der Waals surface area contributed by atoms with Gasteiger partial charge in [-0.05, 0) is 30.7 Å². The highest BCUT2D eigenvalue weighted by molar-refractivity contribution is 7.86. The van der Waals surface area contributed by atoms with Gasteiger partial charge in [-0.25, -0.2) is 0 Å². The van der Waals surface area contributed by atoms with Crippen LogP contribution in [0.15, 0.2) is 18.2 Å². The molecule has 12 heavy (non-hydrogen) atoms. The Balaban J connectivity index is 2.91. The van der Waals surface area contributed by atoms with E-state index in [-0.39, 0.29) is 0 Å². The number of rotatable bonds is 2. The molecule has 0 fully saturated rings. The monoisotopic (exact) mass is 185 g/mol. The van der Waals surface area contributed by atoms with E-state index in [4.69, 9.17) is 0 Å². The Morgan fingerprint density at radius 2 is 2.17 bits per heavy atom. The van der Waals surface area contributed by atoms with Crippen molar-refractivity contribution >= 4 is 10.1 Å². The van der Waals surface area contributed by atoms with Crippen LogP contribution in [-0.4, -0.2) is 14.7 Å². The Hall–Kier alpha value is -1.03. The molecule has 3 nitrogen and oxygen atoms in total. The van der Waals surface area contributed by atoms with Crippen LogP contribution in [0.5, 0.6) is 5.75 Å². The van der Waals surface area contributed by atoms with Gasteiger partial charge >= 0.3 is 10.1 Å². The lowest BCUT2D eigenvalue weighted by atomic mass is 10.2. The number of benzene rings is 1. The van der Waals surface area contributed by atoms with E-state index in [0.29, 0.717) is 5.75 Å². The summed E-state index contributed by atoms with van der Waals surface area (Å²) in [7, 11) is -3.41. The van der Waals surface area contributed by atoms with Crippen molar-refractivity contribution in [2.24, 2.45) is 0 Å². The van der Waals surface area contributed by atoms with Crippen molar-refractivity contribution in [3.8, 4) is 5.75 Å². The molecule has 0 N–H and O–H groups in total. The standard InChI is InChI=1S/C8H9O3S/c1-7-4-3-5-8(6-7)11-12(2,9)10/h3,5-6H,1-2H3. The summed E-state index contributed by atoms with van der Waals surface area (Å²) >= 11 is 0. The molecule has 1 radical (unpaired) electrons. The maximum absolute atomic E-state index is 10.7. The van der Waals surface area contributed by atoms with Gasteiger partial charge < -0.3 is 4.18 Å². The molecule has 0 spiro atoms. The van der Waals surface area contributed by atoms with Crippen LogP contribution < -0.4 is 4.18 Å². The molecule has 1 aromatic carbocycles. The first-order valence-electron chi connectivity index (χ1n) is 3.35. The van der Waals surface area contributed by atoms with Crippen LogP contribution in [0.2, 0.25) is 0 Å². The van der Waals surface area contributed by atoms with E-state index in [1.54, 1.807) is 18.2 Å². The van der Waals surface area contributed by atoms with Crippen LogP contribution in [0.1, 0.15) is 5.56 Å². The van der Waals surface area contributed by atoms with E-state index in [2.05, 4.69) is 10.2 Å². The lowest BCUT2D eigenvalue weighted by molar-refractivity contribution is 0.493. The average molecular weight is 185 g/mol. The average Bonchev–Trinajstić information content (AvgIpc) is 1.82. The quantitative estimate of drug-likeness (QED) is 0.649. The van der Waals surface area contributed by atoms with Gasteiger partial charge in [-0.15, -0.1) is 0 Å². The zero-order valence-corrected chi connectivity index (χ0v) is 7.68. The van der Waals surface area contributed by atoms with Gasteiger partial charge in [0.1, 0.15) is 5.75 Å². The lowest BCUT2D eigenvalue weighted by Crippen LogP contribution is -2.05. The fourth-order valence-electron chi connectivity index (χ4n) is 0.785. The van der Waals surface area contributed by atoms with E-state index in [1.807, 2.05) is 6.92 Å². The molecule has 0 amide bonds. The predicted molar refractivity (Wildman–Crippen MR) is 45.5 cm³/mol. The van der Waals surface area contributed by atoms with Crippen LogP contribution in [0.3, 0.4) is 0 Å². The Labute approximate surface area is 72.1 Å². The second-order valence-corrected chi connectivity index (χ2v) is 4.07. The van der Waals surface area contributed by atoms with Crippen LogP contribution in [-0.2, 0) is 10.1 Å². The molecule has 4 heteroatoms. The SMILES string of the molecule is Cc1[c]ccc(OS(C)(=O)=O)c1. The van der Waals surface area contributed by atoms with Gasteiger partial charge in [0.2, 0.25) is 0 Å². The molecular formula is C8H9O3S. The third-order valence-corrected chi connectivity index (χ3v) is 1.66. The minimum atomic E-state index is -3.41. The first-order chi connectivity index (χ1) is 5.47. The number of hydrogen-bond donors (Lipinski definition) is 0. The molecule has 1 aromatic rings. The van der Waals surface area contributed by atoms with Gasteiger partial charge in [0.25, 0.3) is 0 Å². The van der Waals surface area contributed by atoms with Gasteiger partial charge in [-0.1, -0.05) is 6.07 Å². The van der Waals surface area contributed by atoms with Crippen LogP contribution >= 0.6 is 0 Å². The summed E-state index contributed by atoms with van der Waals surface area (Å²) in [4.78, 5) is 0. The first kappa shape index (κ1) is 9.06. The topological polar surface area (TPSA) is 43.4 Å². The van der Waals surface area contributed by atoms with E-state index in [0.717, 1.165) is 11.8 Å². The highest BCUT2D eigenvalue weighted by atomic mass is 32.2. The molecule has 0 saturated heterocycles. The van der Waals surface area contributed by atoms with Gasteiger partial charge in [0, 0.05) is 0 Å². The van der Waals surface area contributed by atoms with Crippen molar-refractivity contribution in [2.75, 3.05) is 6.26 Å². The third-order valence-electron chi connectivity index (χ3n) is 1.16. The van der Waals surface area contributed by atoms with E-state index in [1.165, 1.54) is 0 Å². The molecule has 0 aliphatic heterocycles. The smallest absolute Gasteiger partial charge is 0.306 e. The van der Waals surface area contributed by atoms with Crippen molar-refractivity contribution in [2.45, 2.75) is 6.92 Å². The maximum Gasteiger partial charge on any atom is 0.306 e. The second kappa shape index (κ2) is 3.15. The zero-order valence-electron chi connectivity index (χ0n) is 6.87. The summed E-state index contributed by atoms with van der Waals surface area (Å²) in [6, 6.07) is 7.67. The summed E-state index contributed by atoms with van der Waals surface area (Å²) < 4.78 is 26.0. The summed E-state index contributed by atoms with van der Waals surface area (Å²) in [6.45, 7) is 1.81.